The molecule has 6 heteroatoms. The number of nitrogens with one attached hydrogen (secondary N) is 2. The minimum absolute atomic E-state index is 0.0321. The summed E-state index contributed by atoms with van der Waals surface area (Å²) in [6, 6.07) is 6.15. The van der Waals surface area contributed by atoms with Gasteiger partial charge < -0.3 is 19.6 Å². The van der Waals surface area contributed by atoms with Crippen molar-refractivity contribution in [2.45, 2.75) is 37.8 Å². The molecule has 3 aromatic rings. The minimum atomic E-state index is -0.0321. The smallest absolute Gasteiger partial charge is 0.253 e. The maximum Gasteiger partial charge on any atom is 0.253 e. The first-order valence-corrected chi connectivity index (χ1v) is 8.67. The average Bonchev–Trinajstić information content (AvgIpc) is 3.32. The Morgan fingerprint density at radius 1 is 1.32 bits per heavy atom. The number of imidazole rings is 1. The lowest BCUT2D eigenvalue weighted by molar-refractivity contribution is 0.0599. The van der Waals surface area contributed by atoms with Crippen molar-refractivity contribution in [2.75, 3.05) is 7.11 Å². The van der Waals surface area contributed by atoms with Crippen LogP contribution in [-0.4, -0.2) is 39.7 Å². The second kappa shape index (κ2) is 6.72. The van der Waals surface area contributed by atoms with Gasteiger partial charge in [0.05, 0.1) is 23.5 Å². The highest BCUT2D eigenvalue weighted by Gasteiger charge is 2.23. The van der Waals surface area contributed by atoms with Crippen LogP contribution in [0.3, 0.4) is 0 Å². The molecule has 130 valence electrons. The molecule has 1 aliphatic rings. The van der Waals surface area contributed by atoms with Gasteiger partial charge >= 0.3 is 0 Å². The van der Waals surface area contributed by atoms with Crippen molar-refractivity contribution in [2.24, 2.45) is 0 Å². The number of fused-ring (bicyclic) bond motifs is 1. The van der Waals surface area contributed by atoms with E-state index in [2.05, 4.69) is 15.3 Å². The van der Waals surface area contributed by atoms with Crippen LogP contribution in [0.25, 0.3) is 16.6 Å². The maximum absolute atomic E-state index is 12.9. The molecule has 2 aromatic heterocycles. The van der Waals surface area contributed by atoms with E-state index in [1.54, 1.807) is 19.6 Å². The molecule has 1 aromatic carbocycles. The molecule has 0 spiro atoms. The summed E-state index contributed by atoms with van der Waals surface area (Å²) >= 11 is 0. The van der Waals surface area contributed by atoms with Crippen molar-refractivity contribution < 1.29 is 9.53 Å². The Labute approximate surface area is 146 Å². The van der Waals surface area contributed by atoms with Crippen molar-refractivity contribution in [3.8, 4) is 5.69 Å². The third kappa shape index (κ3) is 3.17. The number of aromatic amines is 1. The minimum Gasteiger partial charge on any atom is -0.381 e. The first-order chi connectivity index (χ1) is 12.2. The quantitative estimate of drug-likeness (QED) is 0.768. The van der Waals surface area contributed by atoms with Crippen LogP contribution in [0.5, 0.6) is 0 Å². The number of H-pyrrole nitrogens is 1. The van der Waals surface area contributed by atoms with E-state index >= 15 is 0 Å². The molecule has 6 nitrogen and oxygen atoms in total. The molecule has 1 saturated carbocycles. The topological polar surface area (TPSA) is 71.9 Å². The number of hydrogen-bond acceptors (Lipinski definition) is 3. The van der Waals surface area contributed by atoms with Gasteiger partial charge in [-0.1, -0.05) is 0 Å². The van der Waals surface area contributed by atoms with Crippen LogP contribution in [0.2, 0.25) is 0 Å². The van der Waals surface area contributed by atoms with Crippen LogP contribution in [0.1, 0.15) is 36.0 Å². The number of aromatic nitrogens is 3. The monoisotopic (exact) mass is 338 g/mol. The van der Waals surface area contributed by atoms with E-state index in [0.717, 1.165) is 42.3 Å². The van der Waals surface area contributed by atoms with Crippen LogP contribution in [-0.2, 0) is 4.74 Å². The molecule has 1 aliphatic carbocycles. The van der Waals surface area contributed by atoms with E-state index in [0.29, 0.717) is 11.7 Å². The molecular formula is C19H22N4O2. The normalized spacial score (nSPS) is 20.7. The zero-order valence-corrected chi connectivity index (χ0v) is 14.2. The molecular weight excluding hydrogens is 316 g/mol. The lowest BCUT2D eigenvalue weighted by Gasteiger charge is -2.28. The third-order valence-corrected chi connectivity index (χ3v) is 5.03. The van der Waals surface area contributed by atoms with E-state index in [4.69, 9.17) is 4.74 Å². The SMILES string of the molecule is COC1CCC(NC(=O)c2cc(-n3ccnc3)cc3cc[nH]c23)CC1. The van der Waals surface area contributed by atoms with Gasteiger partial charge in [0.1, 0.15) is 0 Å². The number of methoxy groups -OCH3 is 1. The van der Waals surface area contributed by atoms with Crippen LogP contribution >= 0.6 is 0 Å². The second-order valence-electron chi connectivity index (χ2n) is 6.59. The standard InChI is InChI=1S/C19H22N4O2/c1-25-16-4-2-14(3-5-16)22-19(24)17-11-15(23-9-8-20-12-23)10-13-6-7-21-18(13)17/h6-12,14,16,21H,2-5H2,1H3,(H,22,24). The first-order valence-electron chi connectivity index (χ1n) is 8.67. The Balaban J connectivity index is 1.59. The molecule has 0 radical (unpaired) electrons. The Hall–Kier alpha value is -2.60. The van der Waals surface area contributed by atoms with Gasteiger partial charge in [-0.25, -0.2) is 4.98 Å². The van der Waals surface area contributed by atoms with E-state index in [9.17, 15) is 4.79 Å². The number of carbonyl (C=O) groups is 1. The van der Waals surface area contributed by atoms with Crippen molar-refractivity contribution >= 4 is 16.8 Å². The number of rotatable bonds is 4. The van der Waals surface area contributed by atoms with Crippen molar-refractivity contribution in [3.63, 3.8) is 0 Å². The predicted octanol–water partition coefficient (Wildman–Crippen LogP) is 3.04. The summed E-state index contributed by atoms with van der Waals surface area (Å²) in [4.78, 5) is 20.2. The Morgan fingerprint density at radius 2 is 2.16 bits per heavy atom. The van der Waals surface area contributed by atoms with Gasteiger partial charge in [-0.2, -0.15) is 0 Å². The summed E-state index contributed by atoms with van der Waals surface area (Å²) in [7, 11) is 1.76. The maximum atomic E-state index is 12.9. The molecule has 4 rings (SSSR count). The number of nitrogens with zero attached hydrogens (tertiary/aromatic N) is 2. The Bertz CT molecular complexity index is 861. The lowest BCUT2D eigenvalue weighted by Crippen LogP contribution is -2.39. The summed E-state index contributed by atoms with van der Waals surface area (Å²) < 4.78 is 7.32. The highest BCUT2D eigenvalue weighted by Crippen LogP contribution is 2.24. The molecule has 25 heavy (non-hydrogen) atoms. The predicted molar refractivity (Wildman–Crippen MR) is 95.9 cm³/mol. The first kappa shape index (κ1) is 15.9. The van der Waals surface area contributed by atoms with Crippen molar-refractivity contribution in [3.05, 3.63) is 48.7 Å². The molecule has 0 aliphatic heterocycles. The third-order valence-electron chi connectivity index (χ3n) is 5.03. The molecule has 0 bridgehead atoms. The van der Waals surface area contributed by atoms with Gasteiger partial charge in [-0.3, -0.25) is 4.79 Å². The number of benzene rings is 1. The van der Waals surface area contributed by atoms with Crippen LogP contribution in [0.15, 0.2) is 43.1 Å². The fourth-order valence-corrected chi connectivity index (χ4v) is 3.60. The summed E-state index contributed by atoms with van der Waals surface area (Å²) in [5.74, 6) is -0.0321. The number of ether oxygens (including phenoxy) is 1. The zero-order valence-electron chi connectivity index (χ0n) is 14.2. The van der Waals surface area contributed by atoms with E-state index in [1.165, 1.54) is 0 Å². The molecule has 2 N–H and O–H groups in total. The zero-order chi connectivity index (χ0) is 17.2. The van der Waals surface area contributed by atoms with Crippen LogP contribution in [0, 0.1) is 0 Å². The van der Waals surface area contributed by atoms with Crippen molar-refractivity contribution in [1.29, 1.82) is 0 Å². The van der Waals surface area contributed by atoms with E-state index in [-0.39, 0.29) is 11.9 Å². The second-order valence-corrected chi connectivity index (χ2v) is 6.59. The highest BCUT2D eigenvalue weighted by molar-refractivity contribution is 6.06. The summed E-state index contributed by atoms with van der Waals surface area (Å²) in [5, 5.41) is 4.21. The fourth-order valence-electron chi connectivity index (χ4n) is 3.60. The largest absolute Gasteiger partial charge is 0.381 e. The molecule has 1 fully saturated rings. The van der Waals surface area contributed by atoms with Crippen LogP contribution < -0.4 is 5.32 Å². The van der Waals surface area contributed by atoms with E-state index in [1.807, 2.05) is 35.2 Å². The highest BCUT2D eigenvalue weighted by atomic mass is 16.5. The number of amides is 1. The van der Waals surface area contributed by atoms with Gasteiger partial charge in [0.15, 0.2) is 0 Å². The number of carbonyl (C=O) groups excluding carboxylic acids is 1. The molecule has 0 atom stereocenters. The van der Waals surface area contributed by atoms with Gasteiger partial charge in [-0.05, 0) is 43.9 Å². The van der Waals surface area contributed by atoms with Gasteiger partial charge in [-0.15, -0.1) is 0 Å². The van der Waals surface area contributed by atoms with Gasteiger partial charge in [0.2, 0.25) is 0 Å². The molecule has 0 saturated heterocycles. The summed E-state index contributed by atoms with van der Waals surface area (Å²) in [6.07, 6.45) is 11.4. The average molecular weight is 338 g/mol. The molecule has 0 unspecified atom stereocenters. The number of hydrogen-bond donors (Lipinski definition) is 2. The van der Waals surface area contributed by atoms with E-state index < -0.39 is 0 Å². The van der Waals surface area contributed by atoms with Crippen molar-refractivity contribution in [1.82, 2.24) is 19.9 Å². The van der Waals surface area contributed by atoms with Gasteiger partial charge in [0.25, 0.3) is 5.91 Å². The summed E-state index contributed by atoms with van der Waals surface area (Å²) in [6.45, 7) is 0. The summed E-state index contributed by atoms with van der Waals surface area (Å²) in [5.41, 5.74) is 2.46. The lowest BCUT2D eigenvalue weighted by atomic mass is 9.92. The molecule has 1 amide bonds. The van der Waals surface area contributed by atoms with Gasteiger partial charge in [0, 0.05) is 42.8 Å². The Morgan fingerprint density at radius 3 is 2.88 bits per heavy atom. The fraction of sp³-hybridized carbons (Fsp3) is 0.368. The van der Waals surface area contributed by atoms with Crippen LogP contribution in [0.4, 0.5) is 0 Å². The molecule has 2 heterocycles. The Kier molecular flexibility index (Phi) is 4.28.